The summed E-state index contributed by atoms with van der Waals surface area (Å²) < 4.78 is 10.8. The number of rotatable bonds is 6. The largest absolute Gasteiger partial charge is 0.496 e. The lowest BCUT2D eigenvalue weighted by Crippen LogP contribution is -2.45. The number of piperidine rings is 1. The fourth-order valence-electron chi connectivity index (χ4n) is 3.88. The Morgan fingerprint density at radius 2 is 2.00 bits per heavy atom. The normalized spacial score (nSPS) is 19.7. The van der Waals surface area contributed by atoms with Crippen molar-refractivity contribution in [3.05, 3.63) is 78.3 Å². The number of methoxy groups -OCH3 is 1. The molecule has 140 valence electrons. The Balaban J connectivity index is 1.52. The van der Waals surface area contributed by atoms with E-state index >= 15 is 0 Å². The van der Waals surface area contributed by atoms with Gasteiger partial charge in [-0.1, -0.05) is 36.4 Å². The third-order valence-electron chi connectivity index (χ3n) is 5.31. The first-order valence-electron chi connectivity index (χ1n) is 9.56. The van der Waals surface area contributed by atoms with Gasteiger partial charge in [0.25, 0.3) is 0 Å². The molecule has 0 aliphatic carbocycles. The van der Waals surface area contributed by atoms with Gasteiger partial charge in [-0.15, -0.1) is 0 Å². The predicted octanol–water partition coefficient (Wildman–Crippen LogP) is 4.54. The maximum absolute atomic E-state index is 5.59. The van der Waals surface area contributed by atoms with E-state index in [1.54, 1.807) is 19.6 Å². The molecule has 4 heteroatoms. The van der Waals surface area contributed by atoms with Gasteiger partial charge < -0.3 is 19.8 Å². The van der Waals surface area contributed by atoms with Crippen molar-refractivity contribution in [2.24, 2.45) is 0 Å². The summed E-state index contributed by atoms with van der Waals surface area (Å²) in [6, 6.07) is 19.7. The zero-order valence-corrected chi connectivity index (χ0v) is 15.7. The van der Waals surface area contributed by atoms with Crippen LogP contribution in [0.15, 0.2) is 71.5 Å². The van der Waals surface area contributed by atoms with Gasteiger partial charge in [-0.05, 0) is 48.7 Å². The molecule has 2 aromatic carbocycles. The molecule has 2 heterocycles. The number of hydrogen-bond acceptors (Lipinski definition) is 4. The molecule has 1 aliphatic heterocycles. The van der Waals surface area contributed by atoms with Crippen LogP contribution >= 0.6 is 0 Å². The van der Waals surface area contributed by atoms with Crippen molar-refractivity contribution < 1.29 is 9.15 Å². The van der Waals surface area contributed by atoms with Crippen molar-refractivity contribution in [1.29, 1.82) is 0 Å². The minimum atomic E-state index is 0.336. The van der Waals surface area contributed by atoms with E-state index in [4.69, 9.17) is 9.15 Å². The van der Waals surface area contributed by atoms with Gasteiger partial charge in [0.1, 0.15) is 5.75 Å². The van der Waals surface area contributed by atoms with E-state index in [0.717, 1.165) is 42.0 Å². The van der Waals surface area contributed by atoms with Crippen molar-refractivity contribution in [1.82, 2.24) is 10.6 Å². The summed E-state index contributed by atoms with van der Waals surface area (Å²) >= 11 is 0. The molecule has 2 atom stereocenters. The third-order valence-corrected chi connectivity index (χ3v) is 5.31. The van der Waals surface area contributed by atoms with Crippen LogP contribution in [0.25, 0.3) is 11.1 Å². The van der Waals surface area contributed by atoms with Crippen molar-refractivity contribution in [2.45, 2.75) is 31.5 Å². The summed E-state index contributed by atoms with van der Waals surface area (Å²) in [5, 5.41) is 7.45. The van der Waals surface area contributed by atoms with Gasteiger partial charge in [0.15, 0.2) is 0 Å². The van der Waals surface area contributed by atoms with Gasteiger partial charge >= 0.3 is 0 Å². The van der Waals surface area contributed by atoms with Gasteiger partial charge in [-0.2, -0.15) is 0 Å². The monoisotopic (exact) mass is 362 g/mol. The summed E-state index contributed by atoms with van der Waals surface area (Å²) in [4.78, 5) is 0. The molecule has 0 bridgehead atoms. The molecule has 0 spiro atoms. The Labute approximate surface area is 160 Å². The molecular formula is C23H26N2O2. The number of benzene rings is 2. The fourth-order valence-corrected chi connectivity index (χ4v) is 3.88. The van der Waals surface area contributed by atoms with Crippen LogP contribution in [0, 0.1) is 0 Å². The summed E-state index contributed by atoms with van der Waals surface area (Å²) in [6.45, 7) is 1.83. The van der Waals surface area contributed by atoms with Crippen LogP contribution in [0.5, 0.6) is 5.75 Å². The molecule has 3 aromatic rings. The van der Waals surface area contributed by atoms with E-state index in [0.29, 0.717) is 12.1 Å². The van der Waals surface area contributed by atoms with Crippen LogP contribution in [-0.4, -0.2) is 19.7 Å². The summed E-state index contributed by atoms with van der Waals surface area (Å²) in [5.74, 6) is 0.912. The third kappa shape index (κ3) is 4.07. The van der Waals surface area contributed by atoms with E-state index in [1.807, 2.05) is 12.1 Å². The highest BCUT2D eigenvalue weighted by Crippen LogP contribution is 2.28. The highest BCUT2D eigenvalue weighted by atomic mass is 16.5. The molecule has 1 fully saturated rings. The minimum Gasteiger partial charge on any atom is -0.496 e. The lowest BCUT2D eigenvalue weighted by atomic mass is 9.92. The molecule has 0 radical (unpaired) electrons. The van der Waals surface area contributed by atoms with E-state index in [2.05, 4.69) is 53.1 Å². The van der Waals surface area contributed by atoms with Gasteiger partial charge in [0.05, 0.1) is 19.6 Å². The van der Waals surface area contributed by atoms with Crippen LogP contribution in [-0.2, 0) is 6.54 Å². The quantitative estimate of drug-likeness (QED) is 0.676. The Morgan fingerprint density at radius 1 is 1.11 bits per heavy atom. The predicted molar refractivity (Wildman–Crippen MR) is 108 cm³/mol. The average molecular weight is 362 g/mol. The van der Waals surface area contributed by atoms with Gasteiger partial charge in [-0.3, -0.25) is 0 Å². The number of ether oxygens (including phenoxy) is 1. The highest BCUT2D eigenvalue weighted by Gasteiger charge is 2.25. The lowest BCUT2D eigenvalue weighted by Gasteiger charge is -2.34. The molecule has 0 unspecified atom stereocenters. The van der Waals surface area contributed by atoms with E-state index < -0.39 is 0 Å². The van der Waals surface area contributed by atoms with Crippen LogP contribution < -0.4 is 15.4 Å². The zero-order valence-electron chi connectivity index (χ0n) is 15.7. The maximum atomic E-state index is 5.59. The van der Waals surface area contributed by atoms with Gasteiger partial charge in [0, 0.05) is 29.8 Å². The summed E-state index contributed by atoms with van der Waals surface area (Å²) in [7, 11) is 1.73. The Hall–Kier alpha value is -2.56. The zero-order chi connectivity index (χ0) is 18.5. The number of hydrogen-bond donors (Lipinski definition) is 2. The molecular weight excluding hydrogens is 336 g/mol. The molecule has 2 N–H and O–H groups in total. The fraction of sp³-hybridized carbons (Fsp3) is 0.304. The first kappa shape index (κ1) is 17.8. The molecule has 0 amide bonds. The second-order valence-electron chi connectivity index (χ2n) is 7.01. The standard InChI is InChI=1S/C23H26N2O2/c1-26-22-10-9-18(19-11-13-27-16-19)14-20(22)15-25-21-8-5-12-24-23(21)17-6-3-2-4-7-17/h2-4,6-7,9-11,13-14,16,21,23-25H,5,8,12,15H2,1H3/t21-,23-/m0/s1. The van der Waals surface area contributed by atoms with Crippen LogP contribution in [0.3, 0.4) is 0 Å². The molecule has 4 nitrogen and oxygen atoms in total. The van der Waals surface area contributed by atoms with E-state index in [1.165, 1.54) is 12.0 Å². The molecule has 27 heavy (non-hydrogen) atoms. The number of furan rings is 1. The second kappa shape index (κ2) is 8.42. The first-order valence-corrected chi connectivity index (χ1v) is 9.56. The van der Waals surface area contributed by atoms with Crippen molar-refractivity contribution in [3.8, 4) is 16.9 Å². The number of nitrogens with one attached hydrogen (secondary N) is 2. The first-order chi connectivity index (χ1) is 13.3. The summed E-state index contributed by atoms with van der Waals surface area (Å²) in [5.41, 5.74) is 4.73. The average Bonchev–Trinajstić information content (AvgIpc) is 3.28. The lowest BCUT2D eigenvalue weighted by molar-refractivity contribution is 0.303. The highest BCUT2D eigenvalue weighted by molar-refractivity contribution is 5.64. The van der Waals surface area contributed by atoms with E-state index in [9.17, 15) is 0 Å². The minimum absolute atomic E-state index is 0.336. The summed E-state index contributed by atoms with van der Waals surface area (Å²) in [6.07, 6.45) is 5.83. The maximum Gasteiger partial charge on any atom is 0.123 e. The second-order valence-corrected chi connectivity index (χ2v) is 7.01. The van der Waals surface area contributed by atoms with Crippen molar-refractivity contribution >= 4 is 0 Å². The topological polar surface area (TPSA) is 46.4 Å². The van der Waals surface area contributed by atoms with Crippen LogP contribution in [0.2, 0.25) is 0 Å². The Bertz CT molecular complexity index is 846. The van der Waals surface area contributed by atoms with Crippen molar-refractivity contribution in [2.75, 3.05) is 13.7 Å². The van der Waals surface area contributed by atoms with Crippen LogP contribution in [0.1, 0.15) is 30.0 Å². The molecule has 1 saturated heterocycles. The molecule has 1 aliphatic rings. The molecule has 0 saturated carbocycles. The van der Waals surface area contributed by atoms with Gasteiger partial charge in [0.2, 0.25) is 0 Å². The SMILES string of the molecule is COc1ccc(-c2ccoc2)cc1CN[C@H]1CCCN[C@H]1c1ccccc1. The van der Waals surface area contributed by atoms with Crippen LogP contribution in [0.4, 0.5) is 0 Å². The van der Waals surface area contributed by atoms with Gasteiger partial charge in [-0.25, -0.2) is 0 Å². The Kier molecular flexibility index (Phi) is 5.56. The Morgan fingerprint density at radius 3 is 2.78 bits per heavy atom. The molecule has 1 aromatic heterocycles. The molecule has 4 rings (SSSR count). The smallest absolute Gasteiger partial charge is 0.123 e. The van der Waals surface area contributed by atoms with Crippen molar-refractivity contribution in [3.63, 3.8) is 0 Å². The van der Waals surface area contributed by atoms with E-state index in [-0.39, 0.29) is 0 Å².